The molecule has 1 saturated heterocycles. The van der Waals surface area contributed by atoms with Crippen LogP contribution in [-0.4, -0.2) is 61.0 Å². The predicted molar refractivity (Wildman–Crippen MR) is 109 cm³/mol. The molecule has 2 amide bonds. The molecule has 0 atom stereocenters. The van der Waals surface area contributed by atoms with Crippen molar-refractivity contribution in [1.29, 1.82) is 0 Å². The van der Waals surface area contributed by atoms with E-state index in [1.54, 1.807) is 16.2 Å². The lowest BCUT2D eigenvalue weighted by atomic mass is 10.2. The second kappa shape index (κ2) is 8.60. The van der Waals surface area contributed by atoms with Gasteiger partial charge in [-0.25, -0.2) is 4.98 Å². The average molecular weight is 401 g/mol. The average Bonchev–Trinajstić information content (AvgIpc) is 3.16. The summed E-state index contributed by atoms with van der Waals surface area (Å²) in [5, 5.41) is 2.98. The Morgan fingerprint density at radius 1 is 1.04 bits per heavy atom. The van der Waals surface area contributed by atoms with Crippen LogP contribution in [0.3, 0.4) is 0 Å². The number of fused-ring (bicyclic) bond motifs is 1. The zero-order valence-electron chi connectivity index (χ0n) is 15.7. The largest absolute Gasteiger partial charge is 0.490 e. The van der Waals surface area contributed by atoms with Crippen molar-refractivity contribution < 1.29 is 14.3 Å². The highest BCUT2D eigenvalue weighted by molar-refractivity contribution is 7.13. The highest BCUT2D eigenvalue weighted by Gasteiger charge is 2.25. The molecular weight excluding hydrogens is 376 g/mol. The number of benzene rings is 1. The summed E-state index contributed by atoms with van der Waals surface area (Å²) >= 11 is 1.62. The predicted octanol–water partition coefficient (Wildman–Crippen LogP) is 2.39. The molecule has 0 aliphatic carbocycles. The summed E-state index contributed by atoms with van der Waals surface area (Å²) in [4.78, 5) is 35.6. The second-order valence-electron chi connectivity index (χ2n) is 6.90. The monoisotopic (exact) mass is 400 g/mol. The third-order valence-corrected chi connectivity index (χ3v) is 5.95. The quantitative estimate of drug-likeness (QED) is 0.788. The molecule has 7 nitrogen and oxygen atoms in total. The van der Waals surface area contributed by atoms with Crippen LogP contribution in [0.4, 0.5) is 10.8 Å². The number of hydrogen-bond donors (Lipinski definition) is 0. The van der Waals surface area contributed by atoms with Gasteiger partial charge in [-0.3, -0.25) is 9.59 Å². The molecule has 0 bridgehead atoms. The number of nitrogens with zero attached hydrogens (tertiary/aromatic N) is 4. The van der Waals surface area contributed by atoms with Crippen molar-refractivity contribution in [1.82, 2.24) is 9.88 Å². The van der Waals surface area contributed by atoms with Crippen LogP contribution >= 0.6 is 11.3 Å². The zero-order valence-corrected chi connectivity index (χ0v) is 16.6. The molecule has 1 fully saturated rings. The van der Waals surface area contributed by atoms with Gasteiger partial charge in [-0.1, -0.05) is 12.1 Å². The summed E-state index contributed by atoms with van der Waals surface area (Å²) in [5.41, 5.74) is 0.792. The molecule has 0 saturated carbocycles. The SMILES string of the molecule is O=C(CCC(=O)N1CCOc2ccccc21)N1CCCN(c2nccs2)CC1. The van der Waals surface area contributed by atoms with Crippen molar-refractivity contribution in [2.45, 2.75) is 19.3 Å². The molecule has 8 heteroatoms. The standard InChI is InChI=1S/C20H24N4O3S/c25-18(22-9-3-10-23(12-11-22)20-21-8-15-28-20)6-7-19(26)24-13-14-27-17-5-2-1-4-16(17)24/h1-2,4-5,8,15H,3,6-7,9-14H2. The van der Waals surface area contributed by atoms with E-state index in [1.165, 1.54) is 0 Å². The van der Waals surface area contributed by atoms with Gasteiger partial charge in [0, 0.05) is 50.6 Å². The van der Waals surface area contributed by atoms with Gasteiger partial charge in [-0.15, -0.1) is 11.3 Å². The van der Waals surface area contributed by atoms with Crippen LogP contribution in [0, 0.1) is 0 Å². The van der Waals surface area contributed by atoms with Crippen molar-refractivity contribution in [3.63, 3.8) is 0 Å². The molecule has 4 rings (SSSR count). The number of para-hydroxylation sites is 2. The van der Waals surface area contributed by atoms with Gasteiger partial charge in [0.25, 0.3) is 0 Å². The normalized spacial score (nSPS) is 16.9. The highest BCUT2D eigenvalue weighted by Crippen LogP contribution is 2.31. The van der Waals surface area contributed by atoms with Gasteiger partial charge in [-0.05, 0) is 18.6 Å². The van der Waals surface area contributed by atoms with E-state index in [2.05, 4.69) is 9.88 Å². The molecule has 0 spiro atoms. The van der Waals surface area contributed by atoms with Crippen LogP contribution in [-0.2, 0) is 9.59 Å². The van der Waals surface area contributed by atoms with Crippen LogP contribution < -0.4 is 14.5 Å². The molecule has 28 heavy (non-hydrogen) atoms. The van der Waals surface area contributed by atoms with Gasteiger partial charge in [0.05, 0.1) is 12.2 Å². The van der Waals surface area contributed by atoms with E-state index in [1.807, 2.05) is 40.7 Å². The van der Waals surface area contributed by atoms with Crippen LogP contribution in [0.1, 0.15) is 19.3 Å². The fraction of sp³-hybridized carbons (Fsp3) is 0.450. The van der Waals surface area contributed by atoms with E-state index in [0.29, 0.717) is 19.7 Å². The Balaban J connectivity index is 1.30. The maximum absolute atomic E-state index is 12.7. The van der Waals surface area contributed by atoms with E-state index in [-0.39, 0.29) is 24.7 Å². The summed E-state index contributed by atoms with van der Waals surface area (Å²) in [6.07, 6.45) is 3.19. The number of anilines is 2. The van der Waals surface area contributed by atoms with Crippen LogP contribution in [0.2, 0.25) is 0 Å². The van der Waals surface area contributed by atoms with E-state index < -0.39 is 0 Å². The molecule has 2 aliphatic rings. The summed E-state index contributed by atoms with van der Waals surface area (Å²) in [6.45, 7) is 4.10. The number of amides is 2. The van der Waals surface area contributed by atoms with Crippen molar-refractivity contribution >= 4 is 34.0 Å². The first-order valence-electron chi connectivity index (χ1n) is 9.67. The number of hydrogen-bond acceptors (Lipinski definition) is 6. The Morgan fingerprint density at radius 2 is 1.89 bits per heavy atom. The molecule has 0 N–H and O–H groups in total. The summed E-state index contributed by atoms with van der Waals surface area (Å²) in [5.74, 6) is 0.752. The molecule has 2 aromatic rings. The first-order valence-corrected chi connectivity index (χ1v) is 10.5. The Morgan fingerprint density at radius 3 is 2.75 bits per heavy atom. The first-order chi connectivity index (χ1) is 13.7. The molecule has 148 valence electrons. The van der Waals surface area contributed by atoms with E-state index in [4.69, 9.17) is 4.74 Å². The minimum absolute atomic E-state index is 0.0247. The lowest BCUT2D eigenvalue weighted by molar-refractivity contribution is -0.133. The minimum Gasteiger partial charge on any atom is -0.490 e. The second-order valence-corrected chi connectivity index (χ2v) is 7.77. The Kier molecular flexibility index (Phi) is 5.76. The summed E-state index contributed by atoms with van der Waals surface area (Å²) < 4.78 is 5.60. The number of thiazole rings is 1. The number of ether oxygens (including phenoxy) is 1. The first kappa shape index (κ1) is 18.7. The fourth-order valence-electron chi connectivity index (χ4n) is 3.67. The van der Waals surface area contributed by atoms with Gasteiger partial charge < -0.3 is 19.4 Å². The smallest absolute Gasteiger partial charge is 0.227 e. The van der Waals surface area contributed by atoms with Gasteiger partial charge in [0.15, 0.2) is 5.13 Å². The third-order valence-electron chi connectivity index (χ3n) is 5.12. The Hall–Kier alpha value is -2.61. The summed E-state index contributed by atoms with van der Waals surface area (Å²) in [6, 6.07) is 7.54. The molecule has 1 aromatic carbocycles. The topological polar surface area (TPSA) is 66.0 Å². The third kappa shape index (κ3) is 4.11. The molecule has 0 unspecified atom stereocenters. The minimum atomic E-state index is -0.0247. The van der Waals surface area contributed by atoms with Crippen molar-refractivity contribution in [3.8, 4) is 5.75 Å². The van der Waals surface area contributed by atoms with Gasteiger partial charge in [0.2, 0.25) is 11.8 Å². The highest BCUT2D eigenvalue weighted by atomic mass is 32.1. The zero-order chi connectivity index (χ0) is 19.3. The molecule has 1 aromatic heterocycles. The summed E-state index contributed by atoms with van der Waals surface area (Å²) in [7, 11) is 0. The van der Waals surface area contributed by atoms with E-state index in [9.17, 15) is 9.59 Å². The number of carbonyl (C=O) groups excluding carboxylic acids is 2. The van der Waals surface area contributed by atoms with Gasteiger partial charge >= 0.3 is 0 Å². The Bertz CT molecular complexity index is 827. The Labute approximate surface area is 168 Å². The molecule has 2 aliphatic heterocycles. The lowest BCUT2D eigenvalue weighted by Crippen LogP contribution is -2.39. The lowest BCUT2D eigenvalue weighted by Gasteiger charge is -2.29. The maximum atomic E-state index is 12.7. The van der Waals surface area contributed by atoms with E-state index >= 15 is 0 Å². The van der Waals surface area contributed by atoms with E-state index in [0.717, 1.165) is 42.6 Å². The molecule has 0 radical (unpaired) electrons. The van der Waals surface area contributed by atoms with Crippen molar-refractivity contribution in [2.75, 3.05) is 49.1 Å². The van der Waals surface area contributed by atoms with Crippen molar-refractivity contribution in [3.05, 3.63) is 35.8 Å². The molecular formula is C20H24N4O3S. The van der Waals surface area contributed by atoms with Crippen molar-refractivity contribution in [2.24, 2.45) is 0 Å². The number of carbonyl (C=O) groups is 2. The number of aromatic nitrogens is 1. The van der Waals surface area contributed by atoms with Gasteiger partial charge in [-0.2, -0.15) is 0 Å². The fourth-order valence-corrected chi connectivity index (χ4v) is 4.36. The maximum Gasteiger partial charge on any atom is 0.227 e. The number of rotatable bonds is 4. The molecule has 3 heterocycles. The van der Waals surface area contributed by atoms with Gasteiger partial charge in [0.1, 0.15) is 12.4 Å². The van der Waals surface area contributed by atoms with Crippen LogP contribution in [0.25, 0.3) is 0 Å². The van der Waals surface area contributed by atoms with Crippen LogP contribution in [0.5, 0.6) is 5.75 Å². The van der Waals surface area contributed by atoms with Crippen LogP contribution in [0.15, 0.2) is 35.8 Å².